The topological polar surface area (TPSA) is 89.2 Å². The molecule has 26 heavy (non-hydrogen) atoms. The number of alkyl halides is 3. The quantitative estimate of drug-likeness (QED) is 0.798. The molecule has 0 radical (unpaired) electrons. The molecule has 134 valence electrons. The van der Waals surface area contributed by atoms with Gasteiger partial charge in [0.25, 0.3) is 0 Å². The summed E-state index contributed by atoms with van der Waals surface area (Å²) in [6, 6.07) is 8.74. The number of thioether (sulfide) groups is 1. The number of aryl methyl sites for hydroxylation is 1. The Morgan fingerprint density at radius 1 is 1.27 bits per heavy atom. The molecule has 3 rings (SSSR count). The highest BCUT2D eigenvalue weighted by Gasteiger charge is 2.34. The molecule has 0 amide bonds. The van der Waals surface area contributed by atoms with Crippen LogP contribution in [0.15, 0.2) is 55.9 Å². The summed E-state index contributed by atoms with van der Waals surface area (Å²) < 4.78 is 47.9. The maximum absolute atomic E-state index is 12.5. The van der Waals surface area contributed by atoms with E-state index in [4.69, 9.17) is 14.9 Å². The average Bonchev–Trinajstić information content (AvgIpc) is 2.52. The first-order valence-electron chi connectivity index (χ1n) is 7.27. The lowest BCUT2D eigenvalue weighted by Gasteiger charge is -2.25. The number of halogens is 3. The van der Waals surface area contributed by atoms with Crippen molar-refractivity contribution in [2.75, 3.05) is 0 Å². The van der Waals surface area contributed by atoms with Crippen molar-refractivity contribution in [1.82, 2.24) is 0 Å². The number of rotatable bonds is 2. The molecule has 0 saturated carbocycles. The predicted octanol–water partition coefficient (Wildman–Crippen LogP) is 3.78. The zero-order chi connectivity index (χ0) is 19.1. The third kappa shape index (κ3) is 3.41. The Labute approximate surface area is 149 Å². The van der Waals surface area contributed by atoms with Gasteiger partial charge < -0.3 is 14.9 Å². The normalized spacial score (nSPS) is 16.7. The Kier molecular flexibility index (Phi) is 4.46. The molecule has 2 heterocycles. The monoisotopic (exact) mass is 380 g/mol. The molecule has 9 heteroatoms. The third-order valence-electron chi connectivity index (χ3n) is 3.70. The van der Waals surface area contributed by atoms with E-state index in [-0.39, 0.29) is 39.4 Å². The Balaban J connectivity index is 2.11. The molecule has 0 saturated heterocycles. The molecular formula is C17H11F3N2O3S. The van der Waals surface area contributed by atoms with Gasteiger partial charge in [-0.2, -0.15) is 18.4 Å². The predicted molar refractivity (Wildman–Crippen MR) is 87.4 cm³/mol. The highest BCUT2D eigenvalue weighted by Crippen LogP contribution is 2.42. The Morgan fingerprint density at radius 2 is 1.92 bits per heavy atom. The number of benzene rings is 1. The van der Waals surface area contributed by atoms with Crippen LogP contribution in [0.2, 0.25) is 0 Å². The maximum Gasteiger partial charge on any atom is 0.446 e. The first kappa shape index (κ1) is 17.9. The second-order valence-electron chi connectivity index (χ2n) is 5.46. The van der Waals surface area contributed by atoms with Crippen LogP contribution in [0.3, 0.4) is 0 Å². The molecule has 5 nitrogen and oxygen atoms in total. The lowest BCUT2D eigenvalue weighted by atomic mass is 9.84. The van der Waals surface area contributed by atoms with Crippen LogP contribution in [-0.2, 0) is 0 Å². The van der Waals surface area contributed by atoms with E-state index < -0.39 is 17.1 Å². The highest BCUT2D eigenvalue weighted by molar-refractivity contribution is 8.00. The molecular weight excluding hydrogens is 369 g/mol. The van der Waals surface area contributed by atoms with Gasteiger partial charge in [0.05, 0.1) is 11.5 Å². The van der Waals surface area contributed by atoms with Gasteiger partial charge in [-0.1, -0.05) is 12.1 Å². The highest BCUT2D eigenvalue weighted by atomic mass is 32.2. The first-order valence-corrected chi connectivity index (χ1v) is 8.09. The molecule has 1 aliphatic rings. The zero-order valence-corrected chi connectivity index (χ0v) is 14.1. The molecule has 1 aromatic carbocycles. The molecule has 0 bridgehead atoms. The van der Waals surface area contributed by atoms with E-state index in [9.17, 15) is 23.2 Å². The van der Waals surface area contributed by atoms with Crippen molar-refractivity contribution >= 4 is 11.8 Å². The van der Waals surface area contributed by atoms with E-state index in [0.29, 0.717) is 11.3 Å². The molecule has 1 atom stereocenters. The summed E-state index contributed by atoms with van der Waals surface area (Å²) in [6.45, 7) is 1.56. The van der Waals surface area contributed by atoms with Gasteiger partial charge in [-0.3, -0.25) is 0 Å². The molecule has 1 aromatic heterocycles. The van der Waals surface area contributed by atoms with Crippen LogP contribution in [0.5, 0.6) is 5.75 Å². The van der Waals surface area contributed by atoms with Gasteiger partial charge in [-0.05, 0) is 36.4 Å². The molecule has 0 unspecified atom stereocenters. The SMILES string of the molecule is Cc1cc2c(c(=O)o1)[C@H](c1ccc(SC(F)(F)F)cc1)C(C#N)=C(N)O2. The molecule has 1 aliphatic heterocycles. The summed E-state index contributed by atoms with van der Waals surface area (Å²) >= 11 is -0.253. The number of hydrogen-bond donors (Lipinski definition) is 1. The van der Waals surface area contributed by atoms with Crippen LogP contribution in [0.1, 0.15) is 22.8 Å². The number of ether oxygens (including phenoxy) is 1. The van der Waals surface area contributed by atoms with Crippen molar-refractivity contribution in [2.24, 2.45) is 5.73 Å². The lowest BCUT2D eigenvalue weighted by molar-refractivity contribution is -0.0328. The van der Waals surface area contributed by atoms with Crippen molar-refractivity contribution in [2.45, 2.75) is 23.2 Å². The molecule has 0 fully saturated rings. The minimum Gasteiger partial charge on any atom is -0.440 e. The fraction of sp³-hybridized carbons (Fsp3) is 0.176. The fourth-order valence-electron chi connectivity index (χ4n) is 2.71. The van der Waals surface area contributed by atoms with E-state index in [2.05, 4.69) is 0 Å². The second-order valence-corrected chi connectivity index (χ2v) is 6.60. The van der Waals surface area contributed by atoms with Gasteiger partial charge in [0.15, 0.2) is 0 Å². The van der Waals surface area contributed by atoms with Gasteiger partial charge in [-0.25, -0.2) is 4.79 Å². The number of nitrogens with zero attached hydrogens (tertiary/aromatic N) is 1. The van der Waals surface area contributed by atoms with Crippen LogP contribution in [0.4, 0.5) is 13.2 Å². The van der Waals surface area contributed by atoms with Crippen LogP contribution in [-0.4, -0.2) is 5.51 Å². The maximum atomic E-state index is 12.5. The largest absolute Gasteiger partial charge is 0.446 e. The Bertz CT molecular complexity index is 988. The van der Waals surface area contributed by atoms with E-state index in [1.165, 1.54) is 30.3 Å². The number of allylic oxidation sites excluding steroid dienone is 1. The fourth-order valence-corrected chi connectivity index (χ4v) is 3.25. The van der Waals surface area contributed by atoms with Gasteiger partial charge in [0, 0.05) is 11.0 Å². The Morgan fingerprint density at radius 3 is 2.50 bits per heavy atom. The summed E-state index contributed by atoms with van der Waals surface area (Å²) in [7, 11) is 0. The van der Waals surface area contributed by atoms with Crippen molar-refractivity contribution in [3.8, 4) is 11.8 Å². The average molecular weight is 380 g/mol. The third-order valence-corrected chi connectivity index (χ3v) is 4.44. The van der Waals surface area contributed by atoms with E-state index in [1.807, 2.05) is 6.07 Å². The molecule has 0 aliphatic carbocycles. The smallest absolute Gasteiger partial charge is 0.440 e. The van der Waals surface area contributed by atoms with E-state index in [0.717, 1.165) is 0 Å². The van der Waals surface area contributed by atoms with Crippen molar-refractivity contribution < 1.29 is 22.3 Å². The minimum absolute atomic E-state index is 0.00937. The number of hydrogen-bond acceptors (Lipinski definition) is 6. The number of nitrogens with two attached hydrogens (primary N) is 1. The second kappa shape index (κ2) is 6.46. The van der Waals surface area contributed by atoms with Gasteiger partial charge in [0.1, 0.15) is 23.2 Å². The zero-order valence-electron chi connectivity index (χ0n) is 13.3. The molecule has 0 spiro atoms. The van der Waals surface area contributed by atoms with Crippen LogP contribution < -0.4 is 16.1 Å². The summed E-state index contributed by atoms with van der Waals surface area (Å²) in [6.07, 6.45) is 0. The van der Waals surface area contributed by atoms with Crippen LogP contribution in [0.25, 0.3) is 0 Å². The van der Waals surface area contributed by atoms with Crippen LogP contribution in [0, 0.1) is 18.3 Å². The van der Waals surface area contributed by atoms with Gasteiger partial charge in [0.2, 0.25) is 5.88 Å². The molecule has 2 N–H and O–H groups in total. The van der Waals surface area contributed by atoms with Crippen LogP contribution >= 0.6 is 11.8 Å². The summed E-state index contributed by atoms with van der Waals surface area (Å²) in [4.78, 5) is 12.3. The Hall–Kier alpha value is -2.86. The van der Waals surface area contributed by atoms with E-state index >= 15 is 0 Å². The standard InChI is InChI=1S/C17H11F3N2O3S/c1-8-6-12-14(16(23)24-8)13(11(7-21)15(22)25-12)9-2-4-10(5-3-9)26-17(18,19)20/h2-6,13H,22H2,1H3/t13-/m1/s1. The van der Waals surface area contributed by atoms with Crippen molar-refractivity contribution in [3.05, 3.63) is 69.1 Å². The van der Waals surface area contributed by atoms with Gasteiger partial charge >= 0.3 is 11.1 Å². The minimum atomic E-state index is -4.41. The summed E-state index contributed by atoms with van der Waals surface area (Å²) in [5.74, 6) is -0.582. The lowest BCUT2D eigenvalue weighted by Crippen LogP contribution is -2.26. The summed E-state index contributed by atoms with van der Waals surface area (Å²) in [5.41, 5.74) is 1.19. The first-order chi connectivity index (χ1) is 12.2. The summed E-state index contributed by atoms with van der Waals surface area (Å²) in [5, 5.41) is 9.42. The number of fused-ring (bicyclic) bond motifs is 1. The molecule has 2 aromatic rings. The number of nitriles is 1. The van der Waals surface area contributed by atoms with Crippen molar-refractivity contribution in [3.63, 3.8) is 0 Å². The van der Waals surface area contributed by atoms with Crippen molar-refractivity contribution in [1.29, 1.82) is 5.26 Å². The van der Waals surface area contributed by atoms with Gasteiger partial charge in [-0.15, -0.1) is 0 Å². The van der Waals surface area contributed by atoms with E-state index in [1.54, 1.807) is 6.92 Å².